The Morgan fingerprint density at radius 1 is 0.513 bits per heavy atom. The van der Waals surface area contributed by atoms with E-state index in [9.17, 15) is 0 Å². The van der Waals surface area contributed by atoms with Crippen LogP contribution in [0.1, 0.15) is 122 Å². The Kier molecular flexibility index (Phi) is 20.1. The van der Waals surface area contributed by atoms with Gasteiger partial charge >= 0.3 is 455 Å². The molecule has 0 aliphatic heterocycles. The van der Waals surface area contributed by atoms with Crippen LogP contribution in [-0.4, -0.2) is 48.2 Å². The number of hydrogen-bond acceptors (Lipinski definition) is 8. The van der Waals surface area contributed by atoms with Crippen LogP contribution in [0.15, 0.2) is 156 Å². The van der Waals surface area contributed by atoms with E-state index in [-0.39, 0.29) is 77.1 Å². The Morgan fingerprint density at radius 2 is 0.947 bits per heavy atom. The van der Waals surface area contributed by atoms with Gasteiger partial charge in [0, 0.05) is 0 Å². The molecule has 8 aromatic rings. The predicted octanol–water partition coefficient (Wildman–Crippen LogP) is 15.7. The first-order valence-electron chi connectivity index (χ1n) is 24.9. The quantitative estimate of drug-likeness (QED) is 0.0511. The number of rotatable bonds is 17. The molecule has 0 radical (unpaired) electrons. The number of aliphatic imine (C=N–C) groups is 2. The zero-order valence-corrected chi connectivity index (χ0v) is 47.9. The Labute approximate surface area is 476 Å². The molecule has 6 aromatic carbocycles. The van der Waals surface area contributed by atoms with Gasteiger partial charge in [-0.1, -0.05) is 0 Å². The molecule has 0 atom stereocenters. The number of pyridine rings is 2. The van der Waals surface area contributed by atoms with Crippen LogP contribution in [0.3, 0.4) is 0 Å². The number of ether oxygens (including phenoxy) is 2. The first kappa shape index (κ1) is 58.7. The van der Waals surface area contributed by atoms with Crippen LogP contribution in [-0.2, 0) is 31.2 Å². The zero-order valence-electron chi connectivity index (χ0n) is 44.2. The minimum absolute atomic E-state index is 0. The van der Waals surface area contributed by atoms with Crippen LogP contribution in [0, 0.1) is 0 Å². The number of carbonyl (C=O) groups is 2. The molecule has 0 fully saturated rings. The summed E-state index contributed by atoms with van der Waals surface area (Å²) in [6, 6.07) is 44.9. The molecule has 0 aliphatic rings. The summed E-state index contributed by atoms with van der Waals surface area (Å²) in [6.07, 6.45) is 4.32. The maximum absolute atomic E-state index is 15.9. The molecule has 0 unspecified atom stereocenters. The predicted molar refractivity (Wildman–Crippen MR) is 310 cm³/mol. The molecule has 12 heteroatoms. The number of nitrogens with zero attached hydrogens (tertiary/aromatic N) is 4. The monoisotopic (exact) mass is 1140 g/mol. The molecule has 2 heterocycles. The number of para-hydroxylation sites is 2. The number of carbonyl (C=O) groups excluding carboxylic acids is 2. The summed E-state index contributed by atoms with van der Waals surface area (Å²) in [5, 5.41) is 0. The van der Waals surface area contributed by atoms with Crippen molar-refractivity contribution >= 4 is 69.2 Å². The Balaban J connectivity index is 0.00000469. The first-order valence-corrected chi connectivity index (χ1v) is 25.9. The second-order valence-electron chi connectivity index (χ2n) is 19.3. The van der Waals surface area contributed by atoms with E-state index in [4.69, 9.17) is 60.6 Å². The second-order valence-corrected chi connectivity index (χ2v) is 20.4. The molecule has 0 saturated carbocycles. The number of ketones is 2. The Morgan fingerprint density at radius 3 is 1.42 bits per heavy atom. The van der Waals surface area contributed by atoms with E-state index in [2.05, 4.69) is 79.7 Å². The largest absolute Gasteiger partial charge is 0.147 e. The minimum Gasteiger partial charge on any atom is -0.147 e. The van der Waals surface area contributed by atoms with Crippen molar-refractivity contribution < 1.29 is 50.3 Å². The van der Waals surface area contributed by atoms with Crippen LogP contribution in [0.5, 0.6) is 11.8 Å². The molecule has 0 spiro atoms. The summed E-state index contributed by atoms with van der Waals surface area (Å²) in [4.78, 5) is 51.5. The van der Waals surface area contributed by atoms with Gasteiger partial charge in [-0.25, -0.2) is 0 Å². The van der Waals surface area contributed by atoms with Gasteiger partial charge in [0.2, 0.25) is 0 Å². The fraction of sp³-hybridized carbons (Fsp3) is 0.219. The molecular weight excluding hydrogens is 1080 g/mol. The summed E-state index contributed by atoms with van der Waals surface area (Å²) in [5.74, 6) is 0.264. The number of aromatic nitrogens is 2. The maximum atomic E-state index is 15.9. The van der Waals surface area contributed by atoms with Gasteiger partial charge in [0.25, 0.3) is 0 Å². The van der Waals surface area contributed by atoms with Gasteiger partial charge in [0.05, 0.1) is 0 Å². The van der Waals surface area contributed by atoms with E-state index in [1.165, 1.54) is 18.6 Å². The van der Waals surface area contributed by atoms with Gasteiger partial charge in [-0.3, -0.25) is 0 Å². The van der Waals surface area contributed by atoms with Gasteiger partial charge in [0.15, 0.2) is 0 Å². The Bertz CT molecular complexity index is 3400. The average molecular weight is 1140 g/mol. The van der Waals surface area contributed by atoms with Crippen molar-refractivity contribution in [2.75, 3.05) is 14.2 Å². The molecule has 0 bridgehead atoms. The molecular formula is C64H62Cl2CoN4NiO4. The molecule has 8 nitrogen and oxygen atoms in total. The van der Waals surface area contributed by atoms with Crippen LogP contribution >= 0.6 is 24.8 Å². The van der Waals surface area contributed by atoms with E-state index in [1.54, 1.807) is 14.2 Å². The molecule has 0 saturated heterocycles. The van der Waals surface area contributed by atoms with E-state index in [1.807, 2.05) is 115 Å². The van der Waals surface area contributed by atoms with Crippen LogP contribution in [0.2, 0.25) is 0 Å². The third kappa shape index (κ3) is 12.0. The summed E-state index contributed by atoms with van der Waals surface area (Å²) < 4.78 is 13.4. The van der Waals surface area contributed by atoms with Crippen LogP contribution in [0.25, 0.3) is 55.8 Å². The fourth-order valence-corrected chi connectivity index (χ4v) is 10.2. The number of hydrogen-bond donors (Lipinski definition) is 0. The van der Waals surface area contributed by atoms with Gasteiger partial charge < -0.3 is 0 Å². The van der Waals surface area contributed by atoms with Crippen molar-refractivity contribution in [2.24, 2.45) is 9.98 Å². The molecule has 0 aliphatic carbocycles. The summed E-state index contributed by atoms with van der Waals surface area (Å²) in [5.41, 5.74) is 11.6. The van der Waals surface area contributed by atoms with Crippen molar-refractivity contribution in [2.45, 2.75) is 79.1 Å². The van der Waals surface area contributed by atoms with Crippen LogP contribution in [0.4, 0.5) is 11.4 Å². The second kappa shape index (κ2) is 26.0. The number of Topliss-reactive ketones (excluding diaryl/α,β-unsaturated/α-hetero) is 2. The summed E-state index contributed by atoms with van der Waals surface area (Å²) >= 11 is 11.0. The smallest absolute Gasteiger partial charge is 0.147 e. The van der Waals surface area contributed by atoms with E-state index < -0.39 is 11.6 Å². The molecule has 0 N–H and O–H groups in total. The van der Waals surface area contributed by atoms with Crippen molar-refractivity contribution in [1.29, 1.82) is 0 Å². The average Bonchev–Trinajstić information content (AvgIpc) is 3.41. The zero-order chi connectivity index (χ0) is 52.8. The third-order valence-electron chi connectivity index (χ3n) is 13.2. The molecule has 395 valence electrons. The number of halogens is 2. The van der Waals surface area contributed by atoms with Gasteiger partial charge in [-0.15, -0.1) is 24.8 Å². The van der Waals surface area contributed by atoms with Gasteiger partial charge in [-0.2, -0.15) is 0 Å². The maximum Gasteiger partial charge on any atom is -0.147 e. The van der Waals surface area contributed by atoms with Crippen LogP contribution < -0.4 is 18.5 Å². The molecule has 0 amide bonds. The minimum atomic E-state index is -0.419. The van der Waals surface area contributed by atoms with Crippen molar-refractivity contribution in [3.05, 3.63) is 179 Å². The first-order chi connectivity index (χ1) is 35.7. The normalized spacial score (nSPS) is 11.4. The van der Waals surface area contributed by atoms with E-state index >= 15 is 9.59 Å². The molecule has 2 aromatic heterocycles. The van der Waals surface area contributed by atoms with E-state index in [0.29, 0.717) is 48.0 Å². The van der Waals surface area contributed by atoms with E-state index in [0.717, 1.165) is 44.8 Å². The summed E-state index contributed by atoms with van der Waals surface area (Å²) in [6.45, 7) is 17.0. The molecule has 8 rings (SSSR count). The number of methoxy groups -OCH3 is 2. The standard InChI is InChI=1S/C64H60N4O4.2ClH.Co.Ni/c1-39(2)46-32-22-33-47(40(3)4)60(46)65-37-53(69)52-36-67-63(71-9)57(45-28-18-13-19-29-45)58(52)50-30-20-21-31-51(50)62-59(54(70)38-66-61-48(41(5)6)34-23-35-49(61)42(7)8)55(43-24-14-11-15-25-43)56(64(68-62)72-10)44-26-16-12-17-27-44;;;;/h11-24,26-29,31-42H,1-10H3;2*1H;;. The van der Waals surface area contributed by atoms with Crippen molar-refractivity contribution in [3.8, 4) is 67.5 Å². The van der Waals surface area contributed by atoms with Gasteiger partial charge in [0.1, 0.15) is 0 Å². The molecule has 76 heavy (non-hydrogen) atoms. The third-order valence-corrected chi connectivity index (χ3v) is 14.0. The Hall–Kier alpha value is -6.52. The van der Waals surface area contributed by atoms with Crippen molar-refractivity contribution in [3.63, 3.8) is 0 Å². The topological polar surface area (TPSA) is 103 Å². The summed E-state index contributed by atoms with van der Waals surface area (Å²) in [7, 11) is 3.12. The number of benzene rings is 6. The fourth-order valence-electron chi connectivity index (χ4n) is 9.56. The SMILES string of the molecule is COc1ncc(C(=O)C=Nc2c(C(C)C)cccc2C(C)C)c(-c2[c]([Co])cccc2-c2nc(OC)c(-c3ccccc3)c(-c3cccc[c]3[Ni])c2C(=O)C=Nc2c(C(C)C)cccc2C(C)C)c1-c1ccccc1.Cl.Cl. The van der Waals surface area contributed by atoms with Crippen molar-refractivity contribution in [1.82, 2.24) is 9.97 Å². The van der Waals surface area contributed by atoms with Gasteiger partial charge in [-0.05, 0) is 0 Å².